The second-order valence-corrected chi connectivity index (χ2v) is 6.64. The highest BCUT2D eigenvalue weighted by molar-refractivity contribution is 5.97. The van der Waals surface area contributed by atoms with Crippen LogP contribution in [0.1, 0.15) is 30.6 Å². The van der Waals surface area contributed by atoms with Crippen LogP contribution < -0.4 is 20.3 Å². The zero-order valence-electron chi connectivity index (χ0n) is 15.5. The maximum atomic E-state index is 12.3. The Labute approximate surface area is 152 Å². The number of hydrogen-bond donors (Lipinski definition) is 2. The Hall–Kier alpha value is -2.77. The van der Waals surface area contributed by atoms with E-state index in [2.05, 4.69) is 10.9 Å². The van der Waals surface area contributed by atoms with Crippen molar-refractivity contribution in [1.82, 2.24) is 15.8 Å². The number of amides is 3. The maximum absolute atomic E-state index is 12.3. The topological polar surface area (TPSA) is 97.0 Å². The van der Waals surface area contributed by atoms with Gasteiger partial charge in [0.25, 0.3) is 5.91 Å². The summed E-state index contributed by atoms with van der Waals surface area (Å²) in [6.07, 6.45) is 0.154. The van der Waals surface area contributed by atoms with Crippen molar-refractivity contribution < 1.29 is 23.9 Å². The molecule has 0 aromatic heterocycles. The quantitative estimate of drug-likeness (QED) is 0.734. The van der Waals surface area contributed by atoms with Crippen LogP contribution in [0, 0.1) is 11.8 Å². The average Bonchev–Trinajstić information content (AvgIpc) is 2.98. The van der Waals surface area contributed by atoms with Gasteiger partial charge >= 0.3 is 0 Å². The monoisotopic (exact) mass is 363 g/mol. The summed E-state index contributed by atoms with van der Waals surface area (Å²) in [5, 5.41) is 0. The van der Waals surface area contributed by atoms with Crippen LogP contribution in [0.3, 0.4) is 0 Å². The number of hydrogen-bond acceptors (Lipinski definition) is 5. The maximum Gasteiger partial charge on any atom is 0.269 e. The molecule has 1 aromatic rings. The van der Waals surface area contributed by atoms with Gasteiger partial charge in [0, 0.05) is 31.1 Å². The van der Waals surface area contributed by atoms with Crippen molar-refractivity contribution in [2.24, 2.45) is 11.8 Å². The van der Waals surface area contributed by atoms with Crippen LogP contribution in [0.5, 0.6) is 11.5 Å². The number of nitrogens with zero attached hydrogens (tertiary/aromatic N) is 1. The Balaban J connectivity index is 1.93. The van der Waals surface area contributed by atoms with E-state index in [9.17, 15) is 14.4 Å². The Bertz CT molecular complexity index is 667. The van der Waals surface area contributed by atoms with Gasteiger partial charge < -0.3 is 14.4 Å². The van der Waals surface area contributed by atoms with Gasteiger partial charge in [-0.15, -0.1) is 0 Å². The molecule has 0 unspecified atom stereocenters. The molecule has 1 aromatic carbocycles. The molecule has 0 spiro atoms. The van der Waals surface area contributed by atoms with Crippen LogP contribution in [-0.2, 0) is 9.59 Å². The Morgan fingerprint density at radius 2 is 1.77 bits per heavy atom. The second kappa shape index (κ2) is 8.55. The molecule has 1 atom stereocenters. The molecule has 0 aliphatic carbocycles. The van der Waals surface area contributed by atoms with Crippen molar-refractivity contribution in [2.45, 2.75) is 20.3 Å². The summed E-state index contributed by atoms with van der Waals surface area (Å²) < 4.78 is 10.2. The third-order valence-corrected chi connectivity index (χ3v) is 4.08. The molecule has 1 aliphatic heterocycles. The third-order valence-electron chi connectivity index (χ3n) is 4.08. The van der Waals surface area contributed by atoms with Gasteiger partial charge in [0.2, 0.25) is 11.8 Å². The summed E-state index contributed by atoms with van der Waals surface area (Å²) in [4.78, 5) is 38.2. The number of benzene rings is 1. The second-order valence-electron chi connectivity index (χ2n) is 6.64. The highest BCUT2D eigenvalue weighted by Gasteiger charge is 2.34. The molecular formula is C18H25N3O5. The van der Waals surface area contributed by atoms with Gasteiger partial charge in [-0.3, -0.25) is 25.2 Å². The lowest BCUT2D eigenvalue weighted by atomic mass is 10.1. The van der Waals surface area contributed by atoms with Crippen molar-refractivity contribution in [3.63, 3.8) is 0 Å². The summed E-state index contributed by atoms with van der Waals surface area (Å²) in [6.45, 7) is 5.02. The molecule has 26 heavy (non-hydrogen) atoms. The zero-order valence-corrected chi connectivity index (χ0v) is 15.5. The summed E-state index contributed by atoms with van der Waals surface area (Å²) in [6, 6.07) is 4.71. The lowest BCUT2D eigenvalue weighted by Gasteiger charge is -2.18. The number of carbonyl (C=O) groups excluding carboxylic acids is 3. The fraction of sp³-hybridized carbons (Fsp3) is 0.500. The minimum absolute atomic E-state index is 0.0392. The van der Waals surface area contributed by atoms with E-state index in [0.29, 0.717) is 30.5 Å². The number of nitrogens with one attached hydrogen (secondary N) is 2. The fourth-order valence-corrected chi connectivity index (χ4v) is 2.80. The first-order valence-electron chi connectivity index (χ1n) is 8.45. The number of methoxy groups -OCH3 is 2. The van der Waals surface area contributed by atoms with Crippen molar-refractivity contribution in [3.8, 4) is 11.5 Å². The molecule has 1 heterocycles. The third kappa shape index (κ3) is 4.87. The van der Waals surface area contributed by atoms with E-state index < -0.39 is 11.8 Å². The largest absolute Gasteiger partial charge is 0.497 e. The molecule has 8 heteroatoms. The van der Waals surface area contributed by atoms with E-state index in [1.54, 1.807) is 11.0 Å². The smallest absolute Gasteiger partial charge is 0.269 e. The van der Waals surface area contributed by atoms with Crippen molar-refractivity contribution in [1.29, 1.82) is 0 Å². The minimum Gasteiger partial charge on any atom is -0.497 e. The van der Waals surface area contributed by atoms with Gasteiger partial charge in [-0.05, 0) is 18.1 Å². The lowest BCUT2D eigenvalue weighted by molar-refractivity contribution is -0.129. The summed E-state index contributed by atoms with van der Waals surface area (Å²) >= 11 is 0. The molecule has 1 aliphatic rings. The van der Waals surface area contributed by atoms with Crippen LogP contribution in [0.15, 0.2) is 18.2 Å². The number of rotatable bonds is 6. The van der Waals surface area contributed by atoms with Gasteiger partial charge in [-0.2, -0.15) is 0 Å². The molecule has 2 rings (SSSR count). The van der Waals surface area contributed by atoms with Crippen molar-refractivity contribution in [2.75, 3.05) is 27.3 Å². The molecule has 1 saturated heterocycles. The first-order chi connectivity index (χ1) is 12.3. The molecule has 3 amide bonds. The van der Waals surface area contributed by atoms with Crippen LogP contribution in [0.4, 0.5) is 0 Å². The van der Waals surface area contributed by atoms with Crippen LogP contribution in [0.25, 0.3) is 0 Å². The van der Waals surface area contributed by atoms with Crippen molar-refractivity contribution in [3.05, 3.63) is 23.8 Å². The van der Waals surface area contributed by atoms with Crippen molar-refractivity contribution >= 4 is 17.7 Å². The van der Waals surface area contributed by atoms with E-state index in [4.69, 9.17) is 9.47 Å². The van der Waals surface area contributed by atoms with Gasteiger partial charge in [0.1, 0.15) is 11.5 Å². The van der Waals surface area contributed by atoms with E-state index in [-0.39, 0.29) is 23.8 Å². The van der Waals surface area contributed by atoms with Gasteiger partial charge in [0.15, 0.2) is 0 Å². The van der Waals surface area contributed by atoms with Crippen LogP contribution in [0.2, 0.25) is 0 Å². The van der Waals surface area contributed by atoms with Crippen LogP contribution in [-0.4, -0.2) is 49.9 Å². The van der Waals surface area contributed by atoms with E-state index >= 15 is 0 Å². The number of carbonyl (C=O) groups is 3. The van der Waals surface area contributed by atoms with Gasteiger partial charge in [-0.1, -0.05) is 13.8 Å². The summed E-state index contributed by atoms with van der Waals surface area (Å²) in [5.74, 6) is -0.127. The fourth-order valence-electron chi connectivity index (χ4n) is 2.80. The summed E-state index contributed by atoms with van der Waals surface area (Å²) in [5.41, 5.74) is 5.05. The standard InChI is InChI=1S/C18H25N3O5/c1-11(2)9-21-10-13(7-16(21)22)18(24)20-19-17(23)12-5-14(25-3)8-15(6-12)26-4/h5-6,8,11,13H,7,9-10H2,1-4H3,(H,19,23)(H,20,24)/t13-/m0/s1. The number of hydrazine groups is 1. The number of likely N-dealkylation sites (tertiary alicyclic amines) is 1. The molecule has 0 radical (unpaired) electrons. The number of ether oxygens (including phenoxy) is 2. The average molecular weight is 363 g/mol. The van der Waals surface area contributed by atoms with Gasteiger partial charge in [0.05, 0.1) is 20.1 Å². The normalized spacial score (nSPS) is 16.6. The minimum atomic E-state index is -0.501. The molecule has 8 nitrogen and oxygen atoms in total. The predicted octanol–water partition coefficient (Wildman–Crippen LogP) is 0.969. The van der Waals surface area contributed by atoms with E-state index in [0.717, 1.165) is 0 Å². The molecular weight excluding hydrogens is 338 g/mol. The molecule has 0 bridgehead atoms. The van der Waals surface area contributed by atoms with E-state index in [1.165, 1.54) is 26.4 Å². The zero-order chi connectivity index (χ0) is 19.3. The summed E-state index contributed by atoms with van der Waals surface area (Å²) in [7, 11) is 2.97. The lowest BCUT2D eigenvalue weighted by Crippen LogP contribution is -2.45. The highest BCUT2D eigenvalue weighted by Crippen LogP contribution is 2.22. The molecule has 0 saturated carbocycles. The van der Waals surface area contributed by atoms with E-state index in [1.807, 2.05) is 13.8 Å². The molecule has 142 valence electrons. The Kier molecular flexibility index (Phi) is 6.43. The first-order valence-corrected chi connectivity index (χ1v) is 8.45. The predicted molar refractivity (Wildman–Crippen MR) is 94.7 cm³/mol. The molecule has 2 N–H and O–H groups in total. The van der Waals surface area contributed by atoms with Crippen LogP contribution >= 0.6 is 0 Å². The highest BCUT2D eigenvalue weighted by atomic mass is 16.5. The Morgan fingerprint density at radius 3 is 2.31 bits per heavy atom. The SMILES string of the molecule is COc1cc(OC)cc(C(=O)NNC(=O)[C@H]2CC(=O)N(CC(C)C)C2)c1. The molecule has 1 fully saturated rings. The first kappa shape index (κ1) is 19.6. The Morgan fingerprint density at radius 1 is 1.15 bits per heavy atom. The van der Waals surface area contributed by atoms with Gasteiger partial charge in [-0.25, -0.2) is 0 Å².